The van der Waals surface area contributed by atoms with E-state index in [9.17, 15) is 4.79 Å². The number of hydrogen-bond donors (Lipinski definition) is 0. The summed E-state index contributed by atoms with van der Waals surface area (Å²) in [5.41, 5.74) is 4.66. The van der Waals surface area contributed by atoms with Crippen LogP contribution in [0.5, 0.6) is 0 Å². The molecule has 3 aromatic rings. The SMILES string of the molecule is O=C1C=C2CN3[C@@H]([C@@H](OCc4ccccc4)[C@H](OCc4ccccc4)[C@H]3COCc3ccccc3)[C@@H]2C1. The molecule has 6 rings (SSSR count). The monoisotopic (exact) mass is 495 g/mol. The van der Waals surface area contributed by atoms with Crippen molar-refractivity contribution in [3.63, 3.8) is 0 Å². The molecule has 5 nitrogen and oxygen atoms in total. The molecule has 3 aromatic carbocycles. The maximum Gasteiger partial charge on any atom is 0.156 e. The molecule has 0 unspecified atom stereocenters. The molecule has 0 N–H and O–H groups in total. The lowest BCUT2D eigenvalue weighted by molar-refractivity contribution is -0.115. The Balaban J connectivity index is 1.25. The number of carbonyl (C=O) groups excluding carboxylic acids is 1. The van der Waals surface area contributed by atoms with Gasteiger partial charge in [-0.1, -0.05) is 91.0 Å². The summed E-state index contributed by atoms with van der Waals surface area (Å²) in [5.74, 6) is 0.419. The van der Waals surface area contributed by atoms with Crippen LogP contribution < -0.4 is 0 Å². The van der Waals surface area contributed by atoms with Crippen LogP contribution in [0.4, 0.5) is 0 Å². The molecule has 0 spiro atoms. The van der Waals surface area contributed by atoms with Crippen LogP contribution in [0.3, 0.4) is 0 Å². The van der Waals surface area contributed by atoms with Crippen LogP contribution in [-0.4, -0.2) is 48.1 Å². The van der Waals surface area contributed by atoms with Gasteiger partial charge >= 0.3 is 0 Å². The lowest BCUT2D eigenvalue weighted by Gasteiger charge is -2.28. The zero-order valence-corrected chi connectivity index (χ0v) is 20.9. The molecular formula is C32H33NO4. The second kappa shape index (κ2) is 11.1. The third-order valence-corrected chi connectivity index (χ3v) is 7.84. The van der Waals surface area contributed by atoms with Gasteiger partial charge in [0.1, 0.15) is 12.2 Å². The van der Waals surface area contributed by atoms with E-state index in [0.29, 0.717) is 32.8 Å². The van der Waals surface area contributed by atoms with Crippen molar-refractivity contribution >= 4 is 5.78 Å². The molecule has 37 heavy (non-hydrogen) atoms. The van der Waals surface area contributed by atoms with Crippen molar-refractivity contribution in [2.24, 2.45) is 5.92 Å². The van der Waals surface area contributed by atoms with Gasteiger partial charge in [-0.15, -0.1) is 0 Å². The van der Waals surface area contributed by atoms with Gasteiger partial charge in [0.2, 0.25) is 0 Å². The number of ether oxygens (including phenoxy) is 3. The molecule has 0 saturated carbocycles. The number of rotatable bonds is 10. The lowest BCUT2D eigenvalue weighted by Crippen LogP contribution is -2.42. The zero-order chi connectivity index (χ0) is 25.0. The van der Waals surface area contributed by atoms with E-state index in [-0.39, 0.29) is 36.0 Å². The van der Waals surface area contributed by atoms with Gasteiger partial charge in [-0.2, -0.15) is 0 Å². The Hall–Kier alpha value is -3.09. The van der Waals surface area contributed by atoms with Crippen LogP contribution in [0.1, 0.15) is 23.1 Å². The standard InChI is InChI=1S/C32H33NO4/c34-27-16-26-18-33-29(22-35-19-23-10-4-1-5-11-23)31(36-20-24-12-6-2-7-13-24)32(30(33)28(26)17-27)37-21-25-14-8-3-9-15-25/h1-16,28-32H,17-22H2/t28-,29-,30-,31-,32-/m1/s1. The quantitative estimate of drug-likeness (QED) is 0.398. The summed E-state index contributed by atoms with van der Waals surface area (Å²) in [6, 6.07) is 31.0. The maximum atomic E-state index is 12.3. The molecule has 5 heteroatoms. The average molecular weight is 496 g/mol. The van der Waals surface area contributed by atoms with Gasteiger partial charge < -0.3 is 14.2 Å². The number of fused-ring (bicyclic) bond motifs is 3. The van der Waals surface area contributed by atoms with Crippen molar-refractivity contribution in [2.45, 2.75) is 50.5 Å². The summed E-state index contributed by atoms with van der Waals surface area (Å²) in [4.78, 5) is 14.8. The van der Waals surface area contributed by atoms with E-state index in [0.717, 1.165) is 23.2 Å². The van der Waals surface area contributed by atoms with E-state index in [1.165, 1.54) is 5.57 Å². The van der Waals surface area contributed by atoms with Crippen LogP contribution in [0, 0.1) is 5.92 Å². The first-order valence-electron chi connectivity index (χ1n) is 13.2. The van der Waals surface area contributed by atoms with Crippen LogP contribution in [0.25, 0.3) is 0 Å². The Bertz CT molecular complexity index is 1210. The Morgan fingerprint density at radius 3 is 1.84 bits per heavy atom. The molecule has 3 aliphatic rings. The molecule has 0 amide bonds. The van der Waals surface area contributed by atoms with E-state index in [2.05, 4.69) is 41.3 Å². The van der Waals surface area contributed by atoms with Crippen LogP contribution in [-0.2, 0) is 38.8 Å². The second-order valence-corrected chi connectivity index (χ2v) is 10.2. The average Bonchev–Trinajstić information content (AvgIpc) is 3.55. The minimum Gasteiger partial charge on any atom is -0.375 e. The Labute approximate surface area is 218 Å². The third-order valence-electron chi connectivity index (χ3n) is 7.84. The molecule has 2 aliphatic heterocycles. The minimum absolute atomic E-state index is 0.0415. The van der Waals surface area contributed by atoms with Gasteiger partial charge in [0.15, 0.2) is 5.78 Å². The highest BCUT2D eigenvalue weighted by molar-refractivity contribution is 5.94. The molecule has 0 aromatic heterocycles. The van der Waals surface area contributed by atoms with Crippen molar-refractivity contribution in [3.8, 4) is 0 Å². The van der Waals surface area contributed by atoms with Crippen molar-refractivity contribution in [1.29, 1.82) is 0 Å². The first-order valence-corrected chi connectivity index (χ1v) is 13.2. The summed E-state index contributed by atoms with van der Waals surface area (Å²) < 4.78 is 19.6. The summed E-state index contributed by atoms with van der Waals surface area (Å²) in [7, 11) is 0. The van der Waals surface area contributed by atoms with E-state index < -0.39 is 0 Å². The molecular weight excluding hydrogens is 462 g/mol. The third kappa shape index (κ3) is 5.32. The number of hydrogen-bond acceptors (Lipinski definition) is 5. The predicted molar refractivity (Wildman–Crippen MR) is 142 cm³/mol. The minimum atomic E-state index is -0.165. The topological polar surface area (TPSA) is 48.0 Å². The second-order valence-electron chi connectivity index (χ2n) is 10.2. The normalized spacial score (nSPS) is 26.8. The molecule has 5 atom stereocenters. The van der Waals surface area contributed by atoms with E-state index in [1.54, 1.807) is 0 Å². The fraction of sp³-hybridized carbons (Fsp3) is 0.344. The van der Waals surface area contributed by atoms with Crippen molar-refractivity contribution in [1.82, 2.24) is 4.90 Å². The van der Waals surface area contributed by atoms with Crippen LogP contribution in [0.2, 0.25) is 0 Å². The lowest BCUT2D eigenvalue weighted by atomic mass is 9.92. The van der Waals surface area contributed by atoms with E-state index in [1.807, 2.05) is 60.7 Å². The van der Waals surface area contributed by atoms with Gasteiger partial charge in [-0.3, -0.25) is 9.69 Å². The predicted octanol–water partition coefficient (Wildman–Crippen LogP) is 4.96. The van der Waals surface area contributed by atoms with Gasteiger partial charge in [0.05, 0.1) is 32.5 Å². The molecule has 0 bridgehead atoms. The fourth-order valence-corrected chi connectivity index (χ4v) is 6.12. The fourth-order valence-electron chi connectivity index (χ4n) is 6.12. The molecule has 2 heterocycles. The number of benzene rings is 3. The molecule has 2 fully saturated rings. The highest BCUT2D eigenvalue weighted by atomic mass is 16.5. The molecule has 1 aliphatic carbocycles. The Morgan fingerprint density at radius 2 is 1.24 bits per heavy atom. The van der Waals surface area contributed by atoms with Gasteiger partial charge in [-0.05, 0) is 28.3 Å². The van der Waals surface area contributed by atoms with Gasteiger partial charge in [0, 0.05) is 24.9 Å². The largest absolute Gasteiger partial charge is 0.375 e. The highest BCUT2D eigenvalue weighted by Crippen LogP contribution is 2.46. The van der Waals surface area contributed by atoms with Crippen molar-refractivity contribution in [3.05, 3.63) is 119 Å². The maximum absolute atomic E-state index is 12.3. The molecule has 0 radical (unpaired) electrons. The Morgan fingerprint density at radius 1 is 0.703 bits per heavy atom. The van der Waals surface area contributed by atoms with Crippen LogP contribution in [0.15, 0.2) is 103 Å². The summed E-state index contributed by atoms with van der Waals surface area (Å²) in [6.45, 7) is 2.90. The Kier molecular flexibility index (Phi) is 7.29. The van der Waals surface area contributed by atoms with E-state index >= 15 is 0 Å². The van der Waals surface area contributed by atoms with Crippen molar-refractivity contribution in [2.75, 3.05) is 13.2 Å². The first kappa shape index (κ1) is 24.3. The van der Waals surface area contributed by atoms with Crippen LogP contribution >= 0.6 is 0 Å². The van der Waals surface area contributed by atoms with Crippen molar-refractivity contribution < 1.29 is 19.0 Å². The number of carbonyl (C=O) groups is 1. The first-order chi connectivity index (χ1) is 18.3. The summed E-state index contributed by atoms with van der Waals surface area (Å²) in [5, 5.41) is 0. The molecule has 190 valence electrons. The smallest absolute Gasteiger partial charge is 0.156 e. The number of nitrogens with zero attached hydrogens (tertiary/aromatic N) is 1. The summed E-state index contributed by atoms with van der Waals surface area (Å²) in [6.07, 6.45) is 2.10. The van der Waals surface area contributed by atoms with Gasteiger partial charge in [-0.25, -0.2) is 0 Å². The number of allylic oxidation sites excluding steroid dienone is 1. The zero-order valence-electron chi connectivity index (χ0n) is 20.9. The molecule has 2 saturated heterocycles. The van der Waals surface area contributed by atoms with E-state index in [4.69, 9.17) is 14.2 Å². The summed E-state index contributed by atoms with van der Waals surface area (Å²) >= 11 is 0. The van der Waals surface area contributed by atoms with Gasteiger partial charge in [0.25, 0.3) is 0 Å². The number of ketones is 1. The highest BCUT2D eigenvalue weighted by Gasteiger charge is 2.58.